The van der Waals surface area contributed by atoms with Crippen LogP contribution in [0.15, 0.2) is 36.4 Å². The molecule has 1 aromatic heterocycles. The molecule has 0 N–H and O–H groups in total. The molecule has 2 heterocycles. The lowest BCUT2D eigenvalue weighted by atomic mass is 10.2. The Morgan fingerprint density at radius 3 is 2.41 bits per heavy atom. The van der Waals surface area contributed by atoms with Crippen molar-refractivity contribution in [1.29, 1.82) is 0 Å². The smallest absolute Gasteiger partial charge is 0.274 e. The third kappa shape index (κ3) is 4.53. The number of para-hydroxylation sites is 1. The number of carbonyl (C=O) groups is 1. The van der Waals surface area contributed by atoms with E-state index in [-0.39, 0.29) is 11.7 Å². The minimum absolute atomic E-state index is 0.105. The van der Waals surface area contributed by atoms with Gasteiger partial charge in [0, 0.05) is 39.8 Å². The minimum Gasteiger partial charge on any atom is -0.366 e. The Morgan fingerprint density at radius 2 is 1.78 bits per heavy atom. The maximum absolute atomic E-state index is 13.9. The van der Waals surface area contributed by atoms with Crippen molar-refractivity contribution < 1.29 is 9.18 Å². The Hall–Kier alpha value is -2.70. The van der Waals surface area contributed by atoms with Crippen LogP contribution in [0, 0.1) is 5.82 Å². The SMILES string of the molecule is CCCCN(C)C(=O)c1ccc(N2CCN(c3ccccc3F)CC2)nn1. The van der Waals surface area contributed by atoms with Crippen LogP contribution in [0.3, 0.4) is 0 Å². The lowest BCUT2D eigenvalue weighted by Gasteiger charge is -2.36. The average Bonchev–Trinajstić information content (AvgIpc) is 2.72. The number of amides is 1. The van der Waals surface area contributed by atoms with Gasteiger partial charge in [0.15, 0.2) is 11.5 Å². The first-order valence-corrected chi connectivity index (χ1v) is 9.43. The minimum atomic E-state index is -0.194. The molecule has 6 nitrogen and oxygen atoms in total. The molecule has 0 atom stereocenters. The van der Waals surface area contributed by atoms with Gasteiger partial charge in [-0.2, -0.15) is 0 Å². The van der Waals surface area contributed by atoms with E-state index in [0.29, 0.717) is 24.5 Å². The van der Waals surface area contributed by atoms with Crippen LogP contribution in [0.1, 0.15) is 30.3 Å². The number of unbranched alkanes of at least 4 members (excludes halogenated alkanes) is 1. The summed E-state index contributed by atoms with van der Waals surface area (Å²) >= 11 is 0. The fraction of sp³-hybridized carbons (Fsp3) is 0.450. The van der Waals surface area contributed by atoms with Gasteiger partial charge in [0.2, 0.25) is 0 Å². The number of benzene rings is 1. The number of rotatable bonds is 6. The van der Waals surface area contributed by atoms with Crippen molar-refractivity contribution in [1.82, 2.24) is 15.1 Å². The maximum atomic E-state index is 13.9. The number of aromatic nitrogens is 2. The molecule has 2 aromatic rings. The van der Waals surface area contributed by atoms with E-state index in [2.05, 4.69) is 22.0 Å². The second-order valence-corrected chi connectivity index (χ2v) is 6.78. The molecule has 1 aromatic carbocycles. The Labute approximate surface area is 159 Å². The van der Waals surface area contributed by atoms with Crippen molar-refractivity contribution >= 4 is 17.4 Å². The van der Waals surface area contributed by atoms with Crippen molar-refractivity contribution in [3.05, 3.63) is 47.9 Å². The second-order valence-electron chi connectivity index (χ2n) is 6.78. The van der Waals surface area contributed by atoms with Gasteiger partial charge in [-0.15, -0.1) is 10.2 Å². The molecule has 27 heavy (non-hydrogen) atoms. The van der Waals surface area contributed by atoms with Gasteiger partial charge in [0.05, 0.1) is 5.69 Å². The molecule has 7 heteroatoms. The van der Waals surface area contributed by atoms with Gasteiger partial charge in [-0.3, -0.25) is 4.79 Å². The molecule has 0 radical (unpaired) electrons. The summed E-state index contributed by atoms with van der Waals surface area (Å²) in [6.45, 7) is 5.70. The van der Waals surface area contributed by atoms with Crippen molar-refractivity contribution in [3.8, 4) is 0 Å². The van der Waals surface area contributed by atoms with E-state index in [9.17, 15) is 9.18 Å². The zero-order valence-electron chi connectivity index (χ0n) is 15.9. The van der Waals surface area contributed by atoms with Gasteiger partial charge in [-0.05, 0) is 30.7 Å². The van der Waals surface area contributed by atoms with Crippen LogP contribution >= 0.6 is 0 Å². The lowest BCUT2D eigenvalue weighted by molar-refractivity contribution is 0.0786. The first-order chi connectivity index (χ1) is 13.1. The van der Waals surface area contributed by atoms with Gasteiger partial charge >= 0.3 is 0 Å². The highest BCUT2D eigenvalue weighted by atomic mass is 19.1. The summed E-state index contributed by atoms with van der Waals surface area (Å²) in [6.07, 6.45) is 2.02. The zero-order valence-corrected chi connectivity index (χ0v) is 15.9. The monoisotopic (exact) mass is 371 g/mol. The third-order valence-corrected chi connectivity index (χ3v) is 4.86. The molecule has 1 amide bonds. The second kappa shape index (κ2) is 8.79. The summed E-state index contributed by atoms with van der Waals surface area (Å²) < 4.78 is 13.9. The Kier molecular flexibility index (Phi) is 6.21. The van der Waals surface area contributed by atoms with Crippen LogP contribution < -0.4 is 9.80 Å². The Balaban J connectivity index is 1.59. The number of hydrogen-bond donors (Lipinski definition) is 0. The van der Waals surface area contributed by atoms with Gasteiger partial charge in [-0.1, -0.05) is 25.5 Å². The molecule has 0 aliphatic carbocycles. The lowest BCUT2D eigenvalue weighted by Crippen LogP contribution is -2.47. The van der Waals surface area contributed by atoms with E-state index < -0.39 is 0 Å². The average molecular weight is 371 g/mol. The molecule has 1 aliphatic rings. The molecule has 0 bridgehead atoms. The van der Waals surface area contributed by atoms with Crippen molar-refractivity contribution in [2.24, 2.45) is 0 Å². The number of hydrogen-bond acceptors (Lipinski definition) is 5. The van der Waals surface area contributed by atoms with Crippen LogP contribution in [-0.4, -0.2) is 60.8 Å². The largest absolute Gasteiger partial charge is 0.366 e. The van der Waals surface area contributed by atoms with Crippen molar-refractivity contribution in [2.75, 3.05) is 49.6 Å². The van der Waals surface area contributed by atoms with Crippen LogP contribution in [0.5, 0.6) is 0 Å². The summed E-state index contributed by atoms with van der Waals surface area (Å²) in [5.74, 6) is 0.448. The molecule has 1 aliphatic heterocycles. The fourth-order valence-electron chi connectivity index (χ4n) is 3.18. The number of anilines is 2. The highest BCUT2D eigenvalue weighted by Crippen LogP contribution is 2.21. The predicted molar refractivity (Wildman–Crippen MR) is 105 cm³/mol. The number of carbonyl (C=O) groups excluding carboxylic acids is 1. The Bertz CT molecular complexity index is 759. The first-order valence-electron chi connectivity index (χ1n) is 9.43. The van der Waals surface area contributed by atoms with Gasteiger partial charge < -0.3 is 14.7 Å². The first kappa shape index (κ1) is 19.1. The highest BCUT2D eigenvalue weighted by Gasteiger charge is 2.21. The molecule has 144 valence electrons. The fourth-order valence-corrected chi connectivity index (χ4v) is 3.18. The van der Waals surface area contributed by atoms with E-state index >= 15 is 0 Å². The summed E-state index contributed by atoms with van der Waals surface area (Å²) in [5, 5.41) is 8.36. The molecular weight excluding hydrogens is 345 g/mol. The van der Waals surface area contributed by atoms with E-state index in [1.54, 1.807) is 30.1 Å². The van der Waals surface area contributed by atoms with Crippen LogP contribution in [0.4, 0.5) is 15.9 Å². The number of halogens is 1. The molecule has 0 unspecified atom stereocenters. The maximum Gasteiger partial charge on any atom is 0.274 e. The molecular formula is C20H26FN5O. The van der Waals surface area contributed by atoms with Crippen LogP contribution in [-0.2, 0) is 0 Å². The van der Waals surface area contributed by atoms with E-state index in [4.69, 9.17) is 0 Å². The number of piperazine rings is 1. The van der Waals surface area contributed by atoms with Crippen molar-refractivity contribution in [3.63, 3.8) is 0 Å². The van der Waals surface area contributed by atoms with E-state index in [1.165, 1.54) is 6.07 Å². The molecule has 0 saturated carbocycles. The van der Waals surface area contributed by atoms with Crippen LogP contribution in [0.2, 0.25) is 0 Å². The summed E-state index contributed by atoms with van der Waals surface area (Å²) in [5.41, 5.74) is 1.00. The number of nitrogens with zero attached hydrogens (tertiary/aromatic N) is 5. The molecule has 1 fully saturated rings. The van der Waals surface area contributed by atoms with Gasteiger partial charge in [0.25, 0.3) is 5.91 Å². The molecule has 0 spiro atoms. The normalized spacial score (nSPS) is 14.3. The summed E-state index contributed by atoms with van der Waals surface area (Å²) in [6, 6.07) is 10.4. The summed E-state index contributed by atoms with van der Waals surface area (Å²) in [4.78, 5) is 18.2. The van der Waals surface area contributed by atoms with E-state index in [1.807, 2.05) is 17.0 Å². The van der Waals surface area contributed by atoms with Gasteiger partial charge in [0.1, 0.15) is 5.82 Å². The topological polar surface area (TPSA) is 52.6 Å². The Morgan fingerprint density at radius 1 is 1.07 bits per heavy atom. The quantitative estimate of drug-likeness (QED) is 0.782. The van der Waals surface area contributed by atoms with E-state index in [0.717, 1.165) is 38.3 Å². The van der Waals surface area contributed by atoms with Crippen LogP contribution in [0.25, 0.3) is 0 Å². The van der Waals surface area contributed by atoms with Crippen molar-refractivity contribution in [2.45, 2.75) is 19.8 Å². The standard InChI is InChI=1S/C20H26FN5O/c1-3-4-11-24(2)20(27)17-9-10-19(23-22-17)26-14-12-25(13-15-26)18-8-6-5-7-16(18)21/h5-10H,3-4,11-15H2,1-2H3. The van der Waals surface area contributed by atoms with Gasteiger partial charge in [-0.25, -0.2) is 4.39 Å². The third-order valence-electron chi connectivity index (χ3n) is 4.86. The predicted octanol–water partition coefficient (Wildman–Crippen LogP) is 2.81. The molecule has 1 saturated heterocycles. The zero-order chi connectivity index (χ0) is 19.2. The summed E-state index contributed by atoms with van der Waals surface area (Å²) in [7, 11) is 1.79. The highest BCUT2D eigenvalue weighted by molar-refractivity contribution is 5.92. The molecule has 3 rings (SSSR count).